The third-order valence-electron chi connectivity index (χ3n) is 5.20. The first-order valence-electron chi connectivity index (χ1n) is 9.77. The summed E-state index contributed by atoms with van der Waals surface area (Å²) >= 11 is 6.08. The maximum absolute atomic E-state index is 13.5. The summed E-state index contributed by atoms with van der Waals surface area (Å²) in [5.41, 5.74) is 4.10. The molecule has 0 fully saturated rings. The van der Waals surface area contributed by atoms with E-state index in [1.165, 1.54) is 12.0 Å². The summed E-state index contributed by atoms with van der Waals surface area (Å²) in [6.45, 7) is 3.84. The number of carbonyl (C=O) groups is 2. The minimum Gasteiger partial charge on any atom is -0.496 e. The van der Waals surface area contributed by atoms with Crippen molar-refractivity contribution in [2.45, 2.75) is 13.8 Å². The van der Waals surface area contributed by atoms with E-state index in [9.17, 15) is 9.59 Å². The van der Waals surface area contributed by atoms with Crippen molar-refractivity contribution < 1.29 is 14.3 Å². The summed E-state index contributed by atoms with van der Waals surface area (Å²) in [6, 6.07) is 19.8. The fourth-order valence-corrected chi connectivity index (χ4v) is 3.80. The van der Waals surface area contributed by atoms with Crippen LogP contribution in [0.5, 0.6) is 5.75 Å². The molecule has 1 aliphatic rings. The molecule has 2 amide bonds. The van der Waals surface area contributed by atoms with Gasteiger partial charge in [0.2, 0.25) is 0 Å². The largest absolute Gasteiger partial charge is 0.496 e. The average Bonchev–Trinajstić information content (AvgIpc) is 3.00. The topological polar surface area (TPSA) is 58.6 Å². The van der Waals surface area contributed by atoms with Crippen LogP contribution in [0.3, 0.4) is 0 Å². The summed E-state index contributed by atoms with van der Waals surface area (Å²) in [4.78, 5) is 28.2. The zero-order chi connectivity index (χ0) is 22.1. The first kappa shape index (κ1) is 20.7. The van der Waals surface area contributed by atoms with Crippen molar-refractivity contribution in [1.82, 2.24) is 0 Å². The van der Waals surface area contributed by atoms with Gasteiger partial charge >= 0.3 is 0 Å². The van der Waals surface area contributed by atoms with Gasteiger partial charge in [0.1, 0.15) is 11.4 Å². The zero-order valence-electron chi connectivity index (χ0n) is 17.4. The van der Waals surface area contributed by atoms with Crippen molar-refractivity contribution in [1.29, 1.82) is 0 Å². The van der Waals surface area contributed by atoms with Gasteiger partial charge in [0.05, 0.1) is 18.4 Å². The summed E-state index contributed by atoms with van der Waals surface area (Å²) in [6.07, 6.45) is 0. The Hall–Kier alpha value is -3.57. The van der Waals surface area contributed by atoms with Crippen molar-refractivity contribution in [2.75, 3.05) is 17.3 Å². The van der Waals surface area contributed by atoms with Crippen molar-refractivity contribution >= 4 is 40.4 Å². The number of amides is 2. The predicted molar refractivity (Wildman–Crippen MR) is 123 cm³/mol. The Labute approximate surface area is 185 Å². The van der Waals surface area contributed by atoms with Crippen molar-refractivity contribution in [2.24, 2.45) is 0 Å². The Morgan fingerprint density at radius 2 is 1.61 bits per heavy atom. The smallest absolute Gasteiger partial charge is 0.282 e. The number of hydrogen-bond donors (Lipinski definition) is 1. The van der Waals surface area contributed by atoms with E-state index in [1.807, 2.05) is 38.1 Å². The van der Waals surface area contributed by atoms with Crippen LogP contribution in [0.4, 0.5) is 11.4 Å². The quantitative estimate of drug-likeness (QED) is 0.551. The second-order valence-electron chi connectivity index (χ2n) is 7.32. The van der Waals surface area contributed by atoms with Gasteiger partial charge in [0.25, 0.3) is 11.8 Å². The lowest BCUT2D eigenvalue weighted by Gasteiger charge is -2.16. The molecule has 5 nitrogen and oxygen atoms in total. The van der Waals surface area contributed by atoms with E-state index in [0.29, 0.717) is 27.7 Å². The van der Waals surface area contributed by atoms with E-state index in [4.69, 9.17) is 16.3 Å². The van der Waals surface area contributed by atoms with E-state index in [2.05, 4.69) is 5.32 Å². The van der Waals surface area contributed by atoms with Gasteiger partial charge in [0, 0.05) is 16.3 Å². The van der Waals surface area contributed by atoms with Crippen LogP contribution >= 0.6 is 11.6 Å². The molecule has 0 atom stereocenters. The van der Waals surface area contributed by atoms with Crippen LogP contribution in [0.15, 0.2) is 72.4 Å². The number of para-hydroxylation sites is 1. The number of benzene rings is 3. The molecule has 31 heavy (non-hydrogen) atoms. The summed E-state index contributed by atoms with van der Waals surface area (Å²) in [5, 5.41) is 3.78. The number of carbonyl (C=O) groups excluding carboxylic acids is 2. The SMILES string of the molecule is COc1ccccc1C1=C(Nc2ccc(Cl)cc2C)C(=O)N(c2ccc(C)cc2)C1=O. The number of nitrogens with zero attached hydrogens (tertiary/aromatic N) is 1. The van der Waals surface area contributed by atoms with Gasteiger partial charge in [-0.3, -0.25) is 9.59 Å². The maximum Gasteiger partial charge on any atom is 0.282 e. The monoisotopic (exact) mass is 432 g/mol. The van der Waals surface area contributed by atoms with Crippen molar-refractivity contribution in [3.8, 4) is 5.75 Å². The molecule has 1 N–H and O–H groups in total. The molecule has 156 valence electrons. The Kier molecular flexibility index (Phi) is 5.53. The third kappa shape index (κ3) is 3.80. The van der Waals surface area contributed by atoms with Gasteiger partial charge in [0.15, 0.2) is 0 Å². The van der Waals surface area contributed by atoms with E-state index in [0.717, 1.165) is 11.1 Å². The van der Waals surface area contributed by atoms with Crippen LogP contribution in [0.2, 0.25) is 5.02 Å². The number of imide groups is 1. The second-order valence-corrected chi connectivity index (χ2v) is 7.75. The number of rotatable bonds is 5. The molecule has 0 aromatic heterocycles. The number of halogens is 1. The lowest BCUT2D eigenvalue weighted by molar-refractivity contribution is -0.120. The van der Waals surface area contributed by atoms with Crippen LogP contribution in [-0.2, 0) is 9.59 Å². The highest BCUT2D eigenvalue weighted by Gasteiger charge is 2.41. The molecule has 0 spiro atoms. The number of methoxy groups -OCH3 is 1. The Morgan fingerprint density at radius 3 is 2.29 bits per heavy atom. The fraction of sp³-hybridized carbons (Fsp3) is 0.120. The van der Waals surface area contributed by atoms with Crippen molar-refractivity contribution in [3.63, 3.8) is 0 Å². The van der Waals surface area contributed by atoms with Crippen LogP contribution in [0.1, 0.15) is 16.7 Å². The number of nitrogens with one attached hydrogen (secondary N) is 1. The standard InChI is InChI=1S/C25H21ClN2O3/c1-15-8-11-18(12-9-15)28-24(29)22(19-6-4-5-7-21(19)31-3)23(25(28)30)27-20-13-10-17(26)14-16(20)2/h4-14,27H,1-3H3. The molecule has 1 heterocycles. The van der Waals surface area contributed by atoms with Gasteiger partial charge in [-0.2, -0.15) is 0 Å². The molecule has 1 aliphatic heterocycles. The highest BCUT2D eigenvalue weighted by atomic mass is 35.5. The Morgan fingerprint density at radius 1 is 0.903 bits per heavy atom. The molecule has 0 unspecified atom stereocenters. The van der Waals surface area contributed by atoms with Gasteiger partial charge < -0.3 is 10.1 Å². The van der Waals surface area contributed by atoms with Gasteiger partial charge in [-0.05, 0) is 55.8 Å². The van der Waals surface area contributed by atoms with E-state index < -0.39 is 11.8 Å². The Bertz CT molecular complexity index is 1220. The van der Waals surface area contributed by atoms with E-state index in [-0.39, 0.29) is 11.3 Å². The molecule has 0 aliphatic carbocycles. The number of ether oxygens (including phenoxy) is 1. The average molecular weight is 433 g/mol. The summed E-state index contributed by atoms with van der Waals surface area (Å²) in [5.74, 6) is -0.326. The van der Waals surface area contributed by atoms with Crippen molar-refractivity contribution in [3.05, 3.63) is 94.1 Å². The van der Waals surface area contributed by atoms with Crippen LogP contribution in [-0.4, -0.2) is 18.9 Å². The molecule has 4 rings (SSSR count). The Balaban J connectivity index is 1.87. The summed E-state index contributed by atoms with van der Waals surface area (Å²) in [7, 11) is 1.54. The second kappa shape index (κ2) is 8.28. The number of aryl methyl sites for hydroxylation is 2. The first-order valence-corrected chi connectivity index (χ1v) is 10.1. The molecule has 0 saturated carbocycles. The van der Waals surface area contributed by atoms with Crippen LogP contribution in [0.25, 0.3) is 5.57 Å². The fourth-order valence-electron chi connectivity index (χ4n) is 3.58. The van der Waals surface area contributed by atoms with Gasteiger partial charge in [-0.1, -0.05) is 47.5 Å². The molecular formula is C25H21ClN2O3. The number of hydrogen-bond acceptors (Lipinski definition) is 4. The lowest BCUT2D eigenvalue weighted by atomic mass is 10.0. The minimum absolute atomic E-state index is 0.195. The lowest BCUT2D eigenvalue weighted by Crippen LogP contribution is -2.32. The normalized spacial score (nSPS) is 13.7. The van der Waals surface area contributed by atoms with Gasteiger partial charge in [-0.25, -0.2) is 4.90 Å². The number of anilines is 2. The minimum atomic E-state index is -0.427. The maximum atomic E-state index is 13.5. The zero-order valence-corrected chi connectivity index (χ0v) is 18.2. The molecule has 3 aromatic carbocycles. The highest BCUT2D eigenvalue weighted by molar-refractivity contribution is 6.46. The molecule has 6 heteroatoms. The van der Waals surface area contributed by atoms with E-state index in [1.54, 1.807) is 42.5 Å². The van der Waals surface area contributed by atoms with E-state index >= 15 is 0 Å². The van der Waals surface area contributed by atoms with Crippen LogP contribution < -0.4 is 15.0 Å². The molecule has 0 bridgehead atoms. The first-order chi connectivity index (χ1) is 14.9. The molecular weight excluding hydrogens is 412 g/mol. The van der Waals surface area contributed by atoms with Crippen LogP contribution in [0, 0.1) is 13.8 Å². The van der Waals surface area contributed by atoms with Gasteiger partial charge in [-0.15, -0.1) is 0 Å². The molecule has 0 saturated heterocycles. The summed E-state index contributed by atoms with van der Waals surface area (Å²) < 4.78 is 5.47. The molecule has 3 aromatic rings. The third-order valence-corrected chi connectivity index (χ3v) is 5.44. The molecule has 0 radical (unpaired) electrons. The highest BCUT2D eigenvalue weighted by Crippen LogP contribution is 2.37. The predicted octanol–water partition coefficient (Wildman–Crippen LogP) is 5.36.